The van der Waals surface area contributed by atoms with Crippen LogP contribution in [0.1, 0.15) is 11.1 Å². The van der Waals surface area contributed by atoms with Crippen molar-refractivity contribution in [3.05, 3.63) is 65.7 Å². The number of nitrogens with two attached hydrogens (primary N) is 1. The van der Waals surface area contributed by atoms with Crippen LogP contribution in [0.2, 0.25) is 0 Å². The molecule has 1 unspecified atom stereocenters. The van der Waals surface area contributed by atoms with Gasteiger partial charge >= 0.3 is 0 Å². The Hall–Kier alpha value is -2.86. The third-order valence-electron chi connectivity index (χ3n) is 3.87. The van der Waals surface area contributed by atoms with Crippen molar-refractivity contribution >= 4 is 11.8 Å². The lowest BCUT2D eigenvalue weighted by atomic mass is 10.0. The first-order chi connectivity index (χ1) is 12.0. The molecule has 2 amide bonds. The quantitative estimate of drug-likeness (QED) is 0.750. The molecule has 25 heavy (non-hydrogen) atoms. The second-order valence-electron chi connectivity index (χ2n) is 5.77. The standard InChI is InChI=1S/C19H22N3O3/c1-25-15-9-7-14(8-10-15)12-17(18(21)23)22-19(24)16(20)11-13-5-3-2-4-6-13/h2-10,16-17,21H,11-12,20H2,1H3,(H,22,24)/t16-,17?/m0/s1. The minimum Gasteiger partial charge on any atom is -0.497 e. The van der Waals surface area contributed by atoms with E-state index >= 15 is 0 Å². The third-order valence-corrected chi connectivity index (χ3v) is 3.87. The van der Waals surface area contributed by atoms with Gasteiger partial charge in [-0.3, -0.25) is 15.3 Å². The molecular weight excluding hydrogens is 318 g/mol. The molecule has 2 aromatic carbocycles. The molecule has 0 heterocycles. The number of nitrogens with one attached hydrogen (secondary N) is 2. The number of carbonyl (C=O) groups is 2. The SMILES string of the molecule is COc1ccc(CC(NC(=O)[C@@H](N)Cc2ccccc2)C([NH])=O)cc1. The molecule has 131 valence electrons. The second kappa shape index (κ2) is 8.84. The summed E-state index contributed by atoms with van der Waals surface area (Å²) in [4.78, 5) is 23.8. The summed E-state index contributed by atoms with van der Waals surface area (Å²) < 4.78 is 5.08. The fraction of sp³-hybridized carbons (Fsp3) is 0.263. The highest BCUT2D eigenvalue weighted by Crippen LogP contribution is 2.13. The summed E-state index contributed by atoms with van der Waals surface area (Å²) in [6.07, 6.45) is 0.601. The lowest BCUT2D eigenvalue weighted by molar-refractivity contribution is -0.128. The Morgan fingerprint density at radius 2 is 1.64 bits per heavy atom. The minimum atomic E-state index is -0.928. The highest BCUT2D eigenvalue weighted by molar-refractivity contribution is 5.88. The summed E-state index contributed by atoms with van der Waals surface area (Å²) in [5.41, 5.74) is 15.1. The first-order valence-corrected chi connectivity index (χ1v) is 7.98. The van der Waals surface area contributed by atoms with Crippen LogP contribution >= 0.6 is 0 Å². The summed E-state index contributed by atoms with van der Waals surface area (Å²) >= 11 is 0. The van der Waals surface area contributed by atoms with E-state index in [1.54, 1.807) is 31.4 Å². The van der Waals surface area contributed by atoms with Crippen molar-refractivity contribution in [1.29, 1.82) is 0 Å². The smallest absolute Gasteiger partial charge is 0.261 e. The van der Waals surface area contributed by atoms with Gasteiger partial charge in [0.25, 0.3) is 5.91 Å². The fourth-order valence-electron chi connectivity index (χ4n) is 2.45. The summed E-state index contributed by atoms with van der Waals surface area (Å²) in [7, 11) is 1.57. The van der Waals surface area contributed by atoms with Crippen molar-refractivity contribution in [2.24, 2.45) is 5.73 Å². The Kier molecular flexibility index (Phi) is 6.54. The molecule has 0 saturated heterocycles. The van der Waals surface area contributed by atoms with E-state index in [9.17, 15) is 9.59 Å². The van der Waals surface area contributed by atoms with E-state index in [1.165, 1.54) is 0 Å². The fourth-order valence-corrected chi connectivity index (χ4v) is 2.45. The van der Waals surface area contributed by atoms with Crippen molar-refractivity contribution < 1.29 is 14.3 Å². The van der Waals surface area contributed by atoms with Crippen molar-refractivity contribution in [3.63, 3.8) is 0 Å². The molecule has 1 radical (unpaired) electrons. The van der Waals surface area contributed by atoms with Gasteiger partial charge in [-0.05, 0) is 29.7 Å². The van der Waals surface area contributed by atoms with Gasteiger partial charge in [0.05, 0.1) is 13.2 Å². The van der Waals surface area contributed by atoms with E-state index in [0.29, 0.717) is 12.2 Å². The Balaban J connectivity index is 1.97. The molecule has 0 spiro atoms. The summed E-state index contributed by atoms with van der Waals surface area (Å²) in [6, 6.07) is 14.8. The lowest BCUT2D eigenvalue weighted by Crippen LogP contribution is -2.50. The average molecular weight is 340 g/mol. The molecule has 2 atom stereocenters. The predicted octanol–water partition coefficient (Wildman–Crippen LogP) is 1.10. The Bertz CT molecular complexity index is 702. The van der Waals surface area contributed by atoms with Gasteiger partial charge in [0.2, 0.25) is 5.91 Å². The molecule has 2 rings (SSSR count). The van der Waals surface area contributed by atoms with Crippen LogP contribution < -0.4 is 21.5 Å². The molecule has 0 aliphatic heterocycles. The van der Waals surface area contributed by atoms with E-state index < -0.39 is 23.9 Å². The van der Waals surface area contributed by atoms with E-state index in [0.717, 1.165) is 11.1 Å². The maximum atomic E-state index is 12.3. The first kappa shape index (κ1) is 18.5. The van der Waals surface area contributed by atoms with Gasteiger partial charge in [0, 0.05) is 6.42 Å². The molecule has 0 aliphatic carbocycles. The van der Waals surface area contributed by atoms with Crippen LogP contribution in [-0.4, -0.2) is 31.0 Å². The highest BCUT2D eigenvalue weighted by atomic mass is 16.5. The number of methoxy groups -OCH3 is 1. The minimum absolute atomic E-state index is 0.232. The third kappa shape index (κ3) is 5.61. The number of carbonyl (C=O) groups excluding carboxylic acids is 2. The molecular formula is C19H22N3O3. The molecule has 0 aromatic heterocycles. The lowest BCUT2D eigenvalue weighted by Gasteiger charge is -2.18. The van der Waals surface area contributed by atoms with Crippen LogP contribution in [0.15, 0.2) is 54.6 Å². The topological polar surface area (TPSA) is 105 Å². The summed E-state index contributed by atoms with van der Waals surface area (Å²) in [5, 5.41) is 2.58. The van der Waals surface area contributed by atoms with Gasteiger partial charge in [-0.15, -0.1) is 0 Å². The predicted molar refractivity (Wildman–Crippen MR) is 94.9 cm³/mol. The number of rotatable bonds is 8. The van der Waals surface area contributed by atoms with Gasteiger partial charge in [-0.1, -0.05) is 42.5 Å². The van der Waals surface area contributed by atoms with Crippen LogP contribution in [0, 0.1) is 0 Å². The van der Waals surface area contributed by atoms with E-state index in [4.69, 9.17) is 16.2 Å². The Labute approximate surface area is 147 Å². The molecule has 0 bridgehead atoms. The van der Waals surface area contributed by atoms with Crippen LogP contribution in [0.4, 0.5) is 0 Å². The number of ether oxygens (including phenoxy) is 1. The summed E-state index contributed by atoms with van der Waals surface area (Å²) in [5.74, 6) is -0.592. The number of amides is 2. The van der Waals surface area contributed by atoms with Gasteiger partial charge in [0.1, 0.15) is 11.8 Å². The van der Waals surface area contributed by atoms with Gasteiger partial charge in [-0.25, -0.2) is 0 Å². The zero-order valence-corrected chi connectivity index (χ0v) is 14.1. The van der Waals surface area contributed by atoms with Gasteiger partial charge in [0.15, 0.2) is 0 Å². The molecule has 2 aromatic rings. The van der Waals surface area contributed by atoms with Crippen molar-refractivity contribution in [1.82, 2.24) is 11.1 Å². The molecule has 6 nitrogen and oxygen atoms in total. The van der Waals surface area contributed by atoms with Crippen LogP contribution in [-0.2, 0) is 22.4 Å². The van der Waals surface area contributed by atoms with E-state index in [1.807, 2.05) is 30.3 Å². The average Bonchev–Trinajstić information content (AvgIpc) is 2.62. The van der Waals surface area contributed by atoms with Crippen molar-refractivity contribution in [3.8, 4) is 5.75 Å². The number of hydrogen-bond acceptors (Lipinski definition) is 4. The Morgan fingerprint density at radius 3 is 2.20 bits per heavy atom. The monoisotopic (exact) mass is 340 g/mol. The van der Waals surface area contributed by atoms with Crippen LogP contribution in [0.3, 0.4) is 0 Å². The zero-order valence-electron chi connectivity index (χ0n) is 14.1. The molecule has 6 heteroatoms. The largest absolute Gasteiger partial charge is 0.497 e. The normalized spacial score (nSPS) is 12.9. The van der Waals surface area contributed by atoms with Crippen LogP contribution in [0.25, 0.3) is 0 Å². The first-order valence-electron chi connectivity index (χ1n) is 7.98. The Morgan fingerprint density at radius 1 is 1.04 bits per heavy atom. The second-order valence-corrected chi connectivity index (χ2v) is 5.77. The molecule has 0 aliphatic rings. The maximum Gasteiger partial charge on any atom is 0.261 e. The van der Waals surface area contributed by atoms with Crippen molar-refractivity contribution in [2.45, 2.75) is 24.9 Å². The van der Waals surface area contributed by atoms with Gasteiger partial charge in [-0.2, -0.15) is 0 Å². The number of benzene rings is 2. The molecule has 0 saturated carbocycles. The van der Waals surface area contributed by atoms with Crippen molar-refractivity contribution in [2.75, 3.05) is 7.11 Å². The van der Waals surface area contributed by atoms with E-state index in [2.05, 4.69) is 5.32 Å². The summed E-state index contributed by atoms with van der Waals surface area (Å²) in [6.45, 7) is 0. The molecule has 0 fully saturated rings. The molecule has 4 N–H and O–H groups in total. The zero-order chi connectivity index (χ0) is 18.2. The maximum absolute atomic E-state index is 12.3. The van der Waals surface area contributed by atoms with Gasteiger partial charge < -0.3 is 15.8 Å². The van der Waals surface area contributed by atoms with E-state index in [-0.39, 0.29) is 6.42 Å². The van der Waals surface area contributed by atoms with Crippen LogP contribution in [0.5, 0.6) is 5.75 Å². The highest BCUT2D eigenvalue weighted by Gasteiger charge is 2.23. The number of hydrogen-bond donors (Lipinski definition) is 2.